The lowest BCUT2D eigenvalue weighted by molar-refractivity contribution is -0.226. The fourth-order valence-electron chi connectivity index (χ4n) is 4.01. The molecule has 0 saturated carbocycles. The maximum atomic E-state index is 11.7. The monoisotopic (exact) mass is 539 g/mol. The number of rotatable bonds is 25. The molecule has 2 atom stereocenters. The molecule has 0 aliphatic rings. The average molecular weight is 541 g/mol. The second kappa shape index (κ2) is 23.0. The second-order valence-electron chi connectivity index (χ2n) is 9.13. The van der Waals surface area contributed by atoms with Crippen LogP contribution in [0.25, 0.3) is 0 Å². The largest absolute Gasteiger partial charge is 0.756 e. The van der Waals surface area contributed by atoms with Crippen LogP contribution < -0.4 is 4.89 Å². The fraction of sp³-hybridized carbons (Fsp3) is 0.960. The zero-order valence-electron chi connectivity index (χ0n) is 20.8. The van der Waals surface area contributed by atoms with Crippen molar-refractivity contribution in [2.45, 2.75) is 129 Å². The third-order valence-electron chi connectivity index (χ3n) is 5.84. The summed E-state index contributed by atoms with van der Waals surface area (Å²) >= 11 is 3.12. The van der Waals surface area contributed by atoms with Gasteiger partial charge in [-0.1, -0.05) is 126 Å². The molecule has 192 valence electrons. The zero-order chi connectivity index (χ0) is 23.9. The van der Waals surface area contributed by atoms with Crippen LogP contribution in [0.15, 0.2) is 0 Å². The zero-order valence-corrected chi connectivity index (χ0v) is 23.3. The summed E-state index contributed by atoms with van der Waals surface area (Å²) in [6.07, 6.45) is 22.3. The molecule has 0 radical (unpaired) electrons. The van der Waals surface area contributed by atoms with Crippen LogP contribution >= 0.6 is 23.8 Å². The number of alkyl halides is 1. The van der Waals surface area contributed by atoms with Gasteiger partial charge in [-0.15, -0.1) is 0 Å². The van der Waals surface area contributed by atoms with E-state index in [1.54, 1.807) is 6.92 Å². The van der Waals surface area contributed by atoms with E-state index in [0.29, 0.717) is 11.8 Å². The maximum absolute atomic E-state index is 11.7. The van der Waals surface area contributed by atoms with Crippen molar-refractivity contribution < 1.29 is 23.3 Å². The van der Waals surface area contributed by atoms with Crippen LogP contribution in [0.5, 0.6) is 0 Å². The molecular weight excluding hydrogens is 491 g/mol. The van der Waals surface area contributed by atoms with E-state index in [1.165, 1.54) is 89.9 Å². The van der Waals surface area contributed by atoms with Gasteiger partial charge in [0.05, 0.1) is 13.2 Å². The molecule has 32 heavy (non-hydrogen) atoms. The smallest absolute Gasteiger partial charge is 0.267 e. The van der Waals surface area contributed by atoms with Crippen molar-refractivity contribution in [1.82, 2.24) is 0 Å². The Morgan fingerprint density at radius 2 is 1.25 bits per heavy atom. The Bertz CT molecular complexity index is 475. The predicted octanol–water partition coefficient (Wildman–Crippen LogP) is 8.13. The van der Waals surface area contributed by atoms with Crippen molar-refractivity contribution in [2.75, 3.05) is 18.5 Å². The van der Waals surface area contributed by atoms with E-state index in [2.05, 4.69) is 22.9 Å². The molecule has 0 aliphatic carbocycles. The number of hydrogen-bond acceptors (Lipinski definition) is 5. The lowest BCUT2D eigenvalue weighted by atomic mass is 9.96. The third-order valence-corrected chi connectivity index (χ3v) is 7.12. The highest BCUT2D eigenvalue weighted by atomic mass is 79.9. The molecule has 0 aromatic rings. The lowest BCUT2D eigenvalue weighted by Crippen LogP contribution is -2.17. The van der Waals surface area contributed by atoms with Crippen molar-refractivity contribution in [3.63, 3.8) is 0 Å². The van der Waals surface area contributed by atoms with E-state index < -0.39 is 7.82 Å². The van der Waals surface area contributed by atoms with Crippen molar-refractivity contribution >= 4 is 29.5 Å². The number of hydrogen-bond donors (Lipinski definition) is 0. The van der Waals surface area contributed by atoms with E-state index in [4.69, 9.17) is 9.05 Å². The first kappa shape index (κ1) is 32.3. The molecule has 2 unspecified atom stereocenters. The average Bonchev–Trinajstić information content (AvgIpc) is 2.75. The van der Waals surface area contributed by atoms with Crippen molar-refractivity contribution in [3.05, 3.63) is 0 Å². The summed E-state index contributed by atoms with van der Waals surface area (Å²) in [5.74, 6) is 0.00573. The minimum absolute atomic E-state index is 0.0292. The highest BCUT2D eigenvalue weighted by molar-refractivity contribution is 9.09. The molecule has 0 aromatic carbocycles. The number of carbonyl (C=O) groups excluding carboxylic acids is 1. The molecular formula is C25H49BrO5P-. The molecule has 0 heterocycles. The number of phosphoric acid groups is 1. The highest BCUT2D eigenvalue weighted by Gasteiger charge is 2.16. The fourth-order valence-corrected chi connectivity index (χ4v) is 5.21. The minimum Gasteiger partial charge on any atom is -0.756 e. The number of carbonyl (C=O) groups is 1. The lowest BCUT2D eigenvalue weighted by Gasteiger charge is -2.25. The van der Waals surface area contributed by atoms with Crippen LogP contribution in [-0.4, -0.2) is 24.3 Å². The summed E-state index contributed by atoms with van der Waals surface area (Å²) in [5.41, 5.74) is 0. The summed E-state index contributed by atoms with van der Waals surface area (Å²) in [6, 6.07) is 0. The molecule has 0 aliphatic heterocycles. The quantitative estimate of drug-likeness (QED) is 0.0664. The van der Waals surface area contributed by atoms with E-state index in [1.807, 2.05) is 0 Å². The number of halogens is 1. The van der Waals surface area contributed by atoms with Crippen molar-refractivity contribution in [2.24, 2.45) is 5.92 Å². The third kappa shape index (κ3) is 23.4. The van der Waals surface area contributed by atoms with Crippen molar-refractivity contribution in [1.29, 1.82) is 0 Å². The molecule has 0 rings (SSSR count). The second-order valence-corrected chi connectivity index (χ2v) is 11.3. The Labute approximate surface area is 206 Å². The SMILES string of the molecule is CCCCCCCCCCCCCCCCCCC(COP(=O)([O-])OCCBr)CC(C)=O. The summed E-state index contributed by atoms with van der Waals surface area (Å²) < 4.78 is 21.4. The van der Waals surface area contributed by atoms with Crippen LogP contribution in [0.1, 0.15) is 129 Å². The predicted molar refractivity (Wildman–Crippen MR) is 136 cm³/mol. The number of Topliss-reactive ketones (excluding diaryl/α,β-unsaturated/α-hetero) is 1. The Hall–Kier alpha value is 0.260. The molecule has 7 heteroatoms. The van der Waals surface area contributed by atoms with Gasteiger partial charge in [-0.3, -0.25) is 4.57 Å². The Balaban J connectivity index is 3.63. The Morgan fingerprint density at radius 1 is 0.812 bits per heavy atom. The minimum atomic E-state index is -4.27. The first-order valence-corrected chi connectivity index (χ1v) is 15.6. The molecule has 0 fully saturated rings. The summed E-state index contributed by atoms with van der Waals surface area (Å²) in [6.45, 7) is 3.89. The molecule has 0 amide bonds. The van der Waals surface area contributed by atoms with Crippen LogP contribution in [-0.2, 0) is 18.4 Å². The Morgan fingerprint density at radius 3 is 1.66 bits per heavy atom. The molecule has 0 bridgehead atoms. The maximum Gasteiger partial charge on any atom is 0.267 e. The van der Waals surface area contributed by atoms with Crippen molar-refractivity contribution in [3.8, 4) is 0 Å². The first-order valence-electron chi connectivity index (χ1n) is 13.1. The molecule has 0 N–H and O–H groups in total. The Kier molecular flexibility index (Phi) is 23.2. The van der Waals surface area contributed by atoms with Gasteiger partial charge in [-0.05, 0) is 19.3 Å². The van der Waals surface area contributed by atoms with Gasteiger partial charge in [0.15, 0.2) is 0 Å². The summed E-state index contributed by atoms with van der Waals surface area (Å²) in [7, 11) is -4.27. The molecule has 0 saturated heterocycles. The van der Waals surface area contributed by atoms with Crippen LogP contribution in [0, 0.1) is 5.92 Å². The summed E-state index contributed by atoms with van der Waals surface area (Å²) in [5, 5.41) is 0.429. The first-order chi connectivity index (χ1) is 15.4. The van der Waals surface area contributed by atoms with Gasteiger partial charge in [-0.25, -0.2) is 0 Å². The van der Waals surface area contributed by atoms with Gasteiger partial charge in [0, 0.05) is 11.8 Å². The van der Waals surface area contributed by atoms with Crippen LogP contribution in [0.3, 0.4) is 0 Å². The number of ketones is 1. The number of phosphoric ester groups is 1. The van der Waals surface area contributed by atoms with Crippen LogP contribution in [0.4, 0.5) is 0 Å². The van der Waals surface area contributed by atoms with Gasteiger partial charge >= 0.3 is 0 Å². The van der Waals surface area contributed by atoms with Gasteiger partial charge in [0.2, 0.25) is 0 Å². The standard InChI is InChI=1S/C25H50BrO5P/c1-3-4-5-6-7-8-9-10-11-12-13-14-15-16-17-18-19-25(22-24(2)27)23-31-32(28,29)30-21-20-26/h25H,3-23H2,1-2H3,(H,28,29)/p-1. The highest BCUT2D eigenvalue weighted by Crippen LogP contribution is 2.39. The van der Waals surface area contributed by atoms with Gasteiger partial charge < -0.3 is 18.7 Å². The van der Waals surface area contributed by atoms with E-state index in [0.717, 1.165) is 19.3 Å². The molecule has 0 spiro atoms. The summed E-state index contributed by atoms with van der Waals surface area (Å²) in [4.78, 5) is 23.2. The normalized spacial score (nSPS) is 14.4. The van der Waals surface area contributed by atoms with E-state index in [-0.39, 0.29) is 24.9 Å². The molecule has 5 nitrogen and oxygen atoms in total. The number of unbranched alkanes of at least 4 members (excludes halogenated alkanes) is 15. The topological polar surface area (TPSA) is 75.7 Å². The van der Waals surface area contributed by atoms with Gasteiger partial charge in [0.1, 0.15) is 5.78 Å². The van der Waals surface area contributed by atoms with Gasteiger partial charge in [0.25, 0.3) is 7.82 Å². The van der Waals surface area contributed by atoms with Crippen LogP contribution in [0.2, 0.25) is 0 Å². The van der Waals surface area contributed by atoms with E-state index in [9.17, 15) is 14.3 Å². The molecule has 0 aromatic heterocycles. The van der Waals surface area contributed by atoms with E-state index >= 15 is 0 Å². The van der Waals surface area contributed by atoms with Gasteiger partial charge in [-0.2, -0.15) is 0 Å².